The van der Waals surface area contributed by atoms with Gasteiger partial charge in [0, 0.05) is 12.2 Å². The fraction of sp³-hybridized carbons (Fsp3) is 0.312. The highest BCUT2D eigenvalue weighted by Crippen LogP contribution is 2.14. The van der Waals surface area contributed by atoms with Crippen molar-refractivity contribution in [1.29, 1.82) is 0 Å². The lowest BCUT2D eigenvalue weighted by Crippen LogP contribution is -2.26. The Morgan fingerprint density at radius 3 is 2.58 bits per heavy atom. The topological polar surface area (TPSA) is 64.9 Å². The van der Waals surface area contributed by atoms with E-state index in [1.165, 1.54) is 16.7 Å². The number of nitrogens with two attached hydrogens (primary N) is 2. The average Bonchev–Trinajstić information content (AvgIpc) is 2.37. The summed E-state index contributed by atoms with van der Waals surface area (Å²) in [5.74, 6) is 0.582. The van der Waals surface area contributed by atoms with Crippen molar-refractivity contribution in [3.63, 3.8) is 0 Å². The summed E-state index contributed by atoms with van der Waals surface area (Å²) in [6, 6.07) is 10.5. The highest BCUT2D eigenvalue weighted by Gasteiger charge is 2.08. The number of aryl methyl sites for hydroxylation is 2. The van der Waals surface area contributed by atoms with Gasteiger partial charge in [0.25, 0.3) is 0 Å². The highest BCUT2D eigenvalue weighted by molar-refractivity contribution is 5.39. The number of nitrogen functional groups attached to an aromatic ring is 1. The number of nitrogens with zero attached hydrogens (tertiary/aromatic N) is 1. The maximum Gasteiger partial charge on any atom is 0.126 e. The van der Waals surface area contributed by atoms with Gasteiger partial charge < -0.3 is 11.5 Å². The van der Waals surface area contributed by atoms with Crippen LogP contribution in [0.25, 0.3) is 0 Å². The fourth-order valence-electron chi connectivity index (χ4n) is 2.21. The van der Waals surface area contributed by atoms with Crippen LogP contribution in [0.5, 0.6) is 0 Å². The predicted octanol–water partition coefficient (Wildman–Crippen LogP) is 2.39. The van der Waals surface area contributed by atoms with E-state index < -0.39 is 0 Å². The second-order valence-corrected chi connectivity index (χ2v) is 5.13. The first-order chi connectivity index (χ1) is 9.06. The highest BCUT2D eigenvalue weighted by atomic mass is 14.8. The van der Waals surface area contributed by atoms with Gasteiger partial charge in [-0.15, -0.1) is 0 Å². The van der Waals surface area contributed by atoms with Crippen LogP contribution >= 0.6 is 0 Å². The van der Waals surface area contributed by atoms with E-state index in [0.29, 0.717) is 5.82 Å². The van der Waals surface area contributed by atoms with Gasteiger partial charge in [-0.2, -0.15) is 0 Å². The van der Waals surface area contributed by atoms with Crippen molar-refractivity contribution in [2.45, 2.75) is 32.7 Å². The molecule has 0 aliphatic heterocycles. The van der Waals surface area contributed by atoms with E-state index in [9.17, 15) is 0 Å². The molecule has 1 aromatic heterocycles. The summed E-state index contributed by atoms with van der Waals surface area (Å²) < 4.78 is 0. The van der Waals surface area contributed by atoms with Crippen molar-refractivity contribution >= 4 is 5.82 Å². The quantitative estimate of drug-likeness (QED) is 0.881. The lowest BCUT2D eigenvalue weighted by atomic mass is 9.97. The summed E-state index contributed by atoms with van der Waals surface area (Å²) in [6.45, 7) is 4.25. The van der Waals surface area contributed by atoms with E-state index in [0.717, 1.165) is 18.4 Å². The summed E-state index contributed by atoms with van der Waals surface area (Å²) in [5.41, 5.74) is 17.0. The number of aromatic nitrogens is 1. The zero-order chi connectivity index (χ0) is 13.8. The van der Waals surface area contributed by atoms with Crippen LogP contribution in [0, 0.1) is 13.8 Å². The Labute approximate surface area is 114 Å². The number of hydrogen-bond donors (Lipinski definition) is 2. The molecular weight excluding hydrogens is 234 g/mol. The van der Waals surface area contributed by atoms with E-state index >= 15 is 0 Å². The van der Waals surface area contributed by atoms with Crippen molar-refractivity contribution in [1.82, 2.24) is 4.98 Å². The molecule has 1 aromatic carbocycles. The summed E-state index contributed by atoms with van der Waals surface area (Å²) in [7, 11) is 0. The molecule has 1 unspecified atom stereocenters. The Bertz CT molecular complexity index is 564. The van der Waals surface area contributed by atoms with E-state index in [-0.39, 0.29) is 6.04 Å². The van der Waals surface area contributed by atoms with Crippen LogP contribution in [0.1, 0.15) is 22.3 Å². The third-order valence-electron chi connectivity index (χ3n) is 3.48. The maximum atomic E-state index is 6.21. The van der Waals surface area contributed by atoms with E-state index in [2.05, 4.69) is 37.0 Å². The smallest absolute Gasteiger partial charge is 0.126 e. The van der Waals surface area contributed by atoms with Crippen LogP contribution in [0.4, 0.5) is 5.82 Å². The molecule has 0 bridgehead atoms. The minimum atomic E-state index is 0.0635. The van der Waals surface area contributed by atoms with Crippen molar-refractivity contribution < 1.29 is 0 Å². The third-order valence-corrected chi connectivity index (χ3v) is 3.48. The van der Waals surface area contributed by atoms with Crippen molar-refractivity contribution in [2.75, 3.05) is 5.73 Å². The summed E-state index contributed by atoms with van der Waals surface area (Å²) in [4.78, 5) is 4.09. The first-order valence-corrected chi connectivity index (χ1v) is 6.57. The van der Waals surface area contributed by atoms with Gasteiger partial charge in [-0.05, 0) is 55.0 Å². The van der Waals surface area contributed by atoms with Gasteiger partial charge in [0.2, 0.25) is 0 Å². The minimum absolute atomic E-state index is 0.0635. The maximum absolute atomic E-state index is 6.21. The number of benzene rings is 1. The molecule has 3 nitrogen and oxygen atoms in total. The molecule has 0 spiro atoms. The molecule has 0 aliphatic carbocycles. The predicted molar refractivity (Wildman–Crippen MR) is 79.9 cm³/mol. The number of rotatable bonds is 4. The molecule has 1 atom stereocenters. The van der Waals surface area contributed by atoms with E-state index in [1.807, 2.05) is 12.1 Å². The molecule has 100 valence electrons. The van der Waals surface area contributed by atoms with Crippen LogP contribution in [0.3, 0.4) is 0 Å². The van der Waals surface area contributed by atoms with Crippen molar-refractivity contribution in [2.24, 2.45) is 5.73 Å². The summed E-state index contributed by atoms with van der Waals surface area (Å²) in [6.07, 6.45) is 3.32. The van der Waals surface area contributed by atoms with Gasteiger partial charge in [0.1, 0.15) is 5.82 Å². The lowest BCUT2D eigenvalue weighted by molar-refractivity contribution is 0.664. The van der Waals surface area contributed by atoms with Gasteiger partial charge >= 0.3 is 0 Å². The van der Waals surface area contributed by atoms with Crippen LogP contribution in [-0.4, -0.2) is 11.0 Å². The summed E-state index contributed by atoms with van der Waals surface area (Å²) in [5, 5.41) is 0. The molecule has 0 aliphatic rings. The van der Waals surface area contributed by atoms with Crippen LogP contribution < -0.4 is 11.5 Å². The molecule has 4 N–H and O–H groups in total. The Hall–Kier alpha value is -1.87. The van der Waals surface area contributed by atoms with Crippen molar-refractivity contribution in [3.05, 3.63) is 58.8 Å². The molecular formula is C16H21N3. The number of pyridine rings is 1. The average molecular weight is 255 g/mol. The summed E-state index contributed by atoms with van der Waals surface area (Å²) >= 11 is 0. The first-order valence-electron chi connectivity index (χ1n) is 6.57. The molecule has 0 amide bonds. The van der Waals surface area contributed by atoms with Gasteiger partial charge in [-0.3, -0.25) is 0 Å². The molecule has 3 heteroatoms. The lowest BCUT2D eigenvalue weighted by Gasteiger charge is -2.13. The normalized spacial score (nSPS) is 12.4. The Kier molecular flexibility index (Phi) is 4.17. The van der Waals surface area contributed by atoms with E-state index in [1.54, 1.807) is 6.20 Å². The molecule has 0 saturated heterocycles. The Balaban J connectivity index is 2.03. The van der Waals surface area contributed by atoms with Gasteiger partial charge in [-0.1, -0.05) is 24.3 Å². The van der Waals surface area contributed by atoms with Gasteiger partial charge in [0.05, 0.1) is 0 Å². The molecule has 2 aromatic rings. The van der Waals surface area contributed by atoms with Gasteiger partial charge in [0.15, 0.2) is 0 Å². The number of anilines is 1. The zero-order valence-electron chi connectivity index (χ0n) is 11.6. The Morgan fingerprint density at radius 1 is 1.11 bits per heavy atom. The molecule has 0 radical (unpaired) electrons. The molecule has 1 heterocycles. The first kappa shape index (κ1) is 13.6. The van der Waals surface area contributed by atoms with Crippen LogP contribution in [0.2, 0.25) is 0 Å². The van der Waals surface area contributed by atoms with Crippen LogP contribution in [-0.2, 0) is 12.8 Å². The van der Waals surface area contributed by atoms with Crippen LogP contribution in [0.15, 0.2) is 36.5 Å². The second kappa shape index (κ2) is 5.85. The fourth-order valence-corrected chi connectivity index (χ4v) is 2.21. The number of hydrogen-bond acceptors (Lipinski definition) is 3. The molecule has 0 fully saturated rings. The van der Waals surface area contributed by atoms with Crippen molar-refractivity contribution in [3.8, 4) is 0 Å². The van der Waals surface area contributed by atoms with Gasteiger partial charge in [-0.25, -0.2) is 4.98 Å². The monoisotopic (exact) mass is 255 g/mol. The second-order valence-electron chi connectivity index (χ2n) is 5.13. The SMILES string of the molecule is Cc1ccc(CC(N)Cc2cccnc2N)cc1C. The van der Waals surface area contributed by atoms with E-state index in [4.69, 9.17) is 11.5 Å². The molecule has 0 saturated carbocycles. The Morgan fingerprint density at radius 2 is 1.89 bits per heavy atom. The molecule has 2 rings (SSSR count). The standard InChI is InChI=1S/C16H21N3/c1-11-5-6-13(8-12(11)2)9-15(17)10-14-4-3-7-19-16(14)18/h3-8,15H,9-10,17H2,1-2H3,(H2,18,19). The minimum Gasteiger partial charge on any atom is -0.383 e. The zero-order valence-corrected chi connectivity index (χ0v) is 11.6. The largest absolute Gasteiger partial charge is 0.383 e. The third kappa shape index (κ3) is 3.55. The molecule has 19 heavy (non-hydrogen) atoms.